The Kier molecular flexibility index (Phi) is 4.40. The van der Waals surface area contributed by atoms with Crippen molar-refractivity contribution < 1.29 is 9.90 Å². The van der Waals surface area contributed by atoms with Crippen molar-refractivity contribution >= 4 is 45.2 Å². The van der Waals surface area contributed by atoms with Gasteiger partial charge >= 0.3 is 5.97 Å². The fourth-order valence-corrected chi connectivity index (χ4v) is 4.07. The first-order chi connectivity index (χ1) is 10.6. The molecule has 3 rings (SSSR count). The van der Waals surface area contributed by atoms with Crippen LogP contribution >= 0.6 is 24.0 Å². The van der Waals surface area contributed by atoms with Crippen LogP contribution in [-0.2, 0) is 17.8 Å². The van der Waals surface area contributed by atoms with Gasteiger partial charge in [-0.3, -0.25) is 0 Å². The summed E-state index contributed by atoms with van der Waals surface area (Å²) in [7, 11) is 0. The van der Waals surface area contributed by atoms with E-state index in [1.54, 1.807) is 11.8 Å². The van der Waals surface area contributed by atoms with Gasteiger partial charge in [0.1, 0.15) is 10.4 Å². The summed E-state index contributed by atoms with van der Waals surface area (Å²) in [4.78, 5) is 16.9. The largest absolute Gasteiger partial charge is 0.480 e. The van der Waals surface area contributed by atoms with E-state index in [1.165, 1.54) is 0 Å². The molecule has 1 atom stereocenters. The van der Waals surface area contributed by atoms with Gasteiger partial charge in [0.05, 0.1) is 6.54 Å². The van der Waals surface area contributed by atoms with E-state index in [1.807, 2.05) is 29.2 Å². The number of benzene rings is 1. The van der Waals surface area contributed by atoms with Gasteiger partial charge in [-0.05, 0) is 23.8 Å². The highest BCUT2D eigenvalue weighted by molar-refractivity contribution is 8.22. The molecule has 0 saturated carbocycles. The average Bonchev–Trinajstić information content (AvgIpc) is 2.88. The molecule has 0 fully saturated rings. The number of para-hydroxylation sites is 1. The van der Waals surface area contributed by atoms with Crippen molar-refractivity contribution in [1.82, 2.24) is 9.88 Å². The fraction of sp³-hybridized carbons (Fsp3) is 0.375. The summed E-state index contributed by atoms with van der Waals surface area (Å²) in [5, 5.41) is 10.7. The van der Waals surface area contributed by atoms with Gasteiger partial charge in [0, 0.05) is 23.0 Å². The molecular weight excluding hydrogens is 316 g/mol. The summed E-state index contributed by atoms with van der Waals surface area (Å²) in [5.41, 5.74) is 3.26. The number of thioether (sulfide) groups is 1. The summed E-state index contributed by atoms with van der Waals surface area (Å²) in [6.45, 7) is 2.63. The minimum absolute atomic E-state index is 0.488. The first-order valence-corrected chi connectivity index (χ1v) is 8.76. The van der Waals surface area contributed by atoms with Crippen LogP contribution in [0, 0.1) is 0 Å². The van der Waals surface area contributed by atoms with Crippen LogP contribution in [0.15, 0.2) is 24.3 Å². The van der Waals surface area contributed by atoms with Crippen molar-refractivity contribution in [2.24, 2.45) is 0 Å². The van der Waals surface area contributed by atoms with Crippen molar-refractivity contribution in [1.29, 1.82) is 0 Å². The standard InChI is InChI=1S/C16H18N2O2S2/c1-2-7-22-16(21)18-9-13-11(8-14(18)15(19)20)10-5-3-4-6-12(10)17-13/h3-6,14,17H,2,7-9H2,1H3,(H,19,20). The second-order valence-corrected chi connectivity index (χ2v) is 7.16. The van der Waals surface area contributed by atoms with Crippen molar-refractivity contribution in [2.45, 2.75) is 32.4 Å². The number of carboxylic acid groups (broad SMARTS) is 1. The summed E-state index contributed by atoms with van der Waals surface area (Å²) in [6.07, 6.45) is 1.51. The van der Waals surface area contributed by atoms with Gasteiger partial charge in [0.2, 0.25) is 0 Å². The van der Waals surface area contributed by atoms with Gasteiger partial charge in [-0.2, -0.15) is 0 Å². The van der Waals surface area contributed by atoms with Gasteiger partial charge in [-0.15, -0.1) is 0 Å². The van der Waals surface area contributed by atoms with E-state index in [0.29, 0.717) is 17.3 Å². The number of aromatic amines is 1. The molecule has 0 bridgehead atoms. The third-order valence-electron chi connectivity index (χ3n) is 3.95. The average molecular weight is 334 g/mol. The van der Waals surface area contributed by atoms with Gasteiger partial charge in [0.25, 0.3) is 0 Å². The Labute approximate surface area is 138 Å². The highest BCUT2D eigenvalue weighted by Gasteiger charge is 2.34. The smallest absolute Gasteiger partial charge is 0.326 e. The van der Waals surface area contributed by atoms with Crippen molar-refractivity contribution in [2.75, 3.05) is 5.75 Å². The number of H-pyrrole nitrogens is 1. The van der Waals surface area contributed by atoms with Crippen LogP contribution < -0.4 is 0 Å². The molecule has 1 aliphatic rings. The van der Waals surface area contributed by atoms with E-state index in [4.69, 9.17) is 12.2 Å². The molecule has 1 aromatic carbocycles. The predicted molar refractivity (Wildman–Crippen MR) is 94.3 cm³/mol. The number of thiocarbonyl (C=S) groups is 1. The summed E-state index contributed by atoms with van der Waals surface area (Å²) in [6, 6.07) is 7.46. The number of carbonyl (C=O) groups is 1. The normalized spacial score (nSPS) is 17.5. The van der Waals surface area contributed by atoms with Crippen LogP contribution in [-0.4, -0.2) is 37.1 Å². The zero-order chi connectivity index (χ0) is 15.7. The van der Waals surface area contributed by atoms with Gasteiger partial charge in [0.15, 0.2) is 0 Å². The second kappa shape index (κ2) is 6.30. The Morgan fingerprint density at radius 3 is 3.00 bits per heavy atom. The van der Waals surface area contributed by atoms with Gasteiger partial charge < -0.3 is 15.0 Å². The first kappa shape index (κ1) is 15.4. The van der Waals surface area contributed by atoms with Gasteiger partial charge in [-0.25, -0.2) is 4.79 Å². The topological polar surface area (TPSA) is 56.3 Å². The summed E-state index contributed by atoms with van der Waals surface area (Å²) >= 11 is 7.02. The molecule has 0 amide bonds. The second-order valence-electron chi connectivity index (χ2n) is 5.43. The van der Waals surface area contributed by atoms with Crippen LogP contribution in [0.4, 0.5) is 0 Å². The van der Waals surface area contributed by atoms with Crippen molar-refractivity contribution in [3.05, 3.63) is 35.5 Å². The lowest BCUT2D eigenvalue weighted by Gasteiger charge is -2.34. The number of aliphatic carboxylic acids is 1. The molecule has 116 valence electrons. The van der Waals surface area contributed by atoms with Crippen LogP contribution in [0.5, 0.6) is 0 Å². The molecule has 0 aliphatic carbocycles. The number of aromatic nitrogens is 1. The van der Waals surface area contributed by atoms with Crippen LogP contribution in [0.1, 0.15) is 24.6 Å². The molecule has 0 saturated heterocycles. The maximum Gasteiger partial charge on any atom is 0.326 e. The number of fused-ring (bicyclic) bond motifs is 3. The summed E-state index contributed by atoms with van der Waals surface area (Å²) in [5.74, 6) is 0.108. The third-order valence-corrected chi connectivity index (χ3v) is 5.64. The number of rotatable bonds is 3. The molecule has 6 heteroatoms. The molecule has 4 nitrogen and oxygen atoms in total. The first-order valence-electron chi connectivity index (χ1n) is 7.36. The zero-order valence-electron chi connectivity index (χ0n) is 12.3. The fourth-order valence-electron chi connectivity index (χ4n) is 2.89. The molecule has 0 spiro atoms. The van der Waals surface area contributed by atoms with E-state index in [0.717, 1.165) is 34.3 Å². The monoisotopic (exact) mass is 334 g/mol. The number of carboxylic acids is 1. The molecule has 2 aromatic rings. The number of hydrogen-bond acceptors (Lipinski definition) is 3. The van der Waals surface area contributed by atoms with Crippen LogP contribution in [0.2, 0.25) is 0 Å². The lowest BCUT2D eigenvalue weighted by atomic mass is 9.97. The van der Waals surface area contributed by atoms with E-state index in [9.17, 15) is 9.90 Å². The Bertz CT molecular complexity index is 726. The minimum atomic E-state index is -0.810. The Balaban J connectivity index is 1.96. The molecule has 1 aliphatic heterocycles. The predicted octanol–water partition coefficient (Wildman–Crippen LogP) is 3.41. The lowest BCUT2D eigenvalue weighted by Crippen LogP contribution is -2.47. The lowest BCUT2D eigenvalue weighted by molar-refractivity contribution is -0.142. The third kappa shape index (κ3) is 2.73. The van der Waals surface area contributed by atoms with Gasteiger partial charge in [-0.1, -0.05) is 49.1 Å². The number of hydrogen-bond donors (Lipinski definition) is 2. The molecule has 2 N–H and O–H groups in total. The van der Waals surface area contributed by atoms with Crippen LogP contribution in [0.25, 0.3) is 10.9 Å². The maximum atomic E-state index is 11.7. The molecule has 22 heavy (non-hydrogen) atoms. The number of nitrogens with zero attached hydrogens (tertiary/aromatic N) is 1. The molecule has 1 aromatic heterocycles. The number of nitrogens with one attached hydrogen (secondary N) is 1. The molecule has 0 radical (unpaired) electrons. The van der Waals surface area contributed by atoms with E-state index in [2.05, 4.69) is 11.9 Å². The molecule has 2 heterocycles. The maximum absolute atomic E-state index is 11.7. The van der Waals surface area contributed by atoms with E-state index >= 15 is 0 Å². The molecule has 1 unspecified atom stereocenters. The highest BCUT2D eigenvalue weighted by atomic mass is 32.2. The van der Waals surface area contributed by atoms with Crippen molar-refractivity contribution in [3.63, 3.8) is 0 Å². The Hall–Kier alpha value is -1.53. The quantitative estimate of drug-likeness (QED) is 0.843. The summed E-state index contributed by atoms with van der Waals surface area (Å²) < 4.78 is 0.679. The van der Waals surface area contributed by atoms with Crippen LogP contribution in [0.3, 0.4) is 0 Å². The molecular formula is C16H18N2O2S2. The van der Waals surface area contributed by atoms with E-state index in [-0.39, 0.29) is 0 Å². The van der Waals surface area contributed by atoms with E-state index < -0.39 is 12.0 Å². The minimum Gasteiger partial charge on any atom is -0.480 e. The Morgan fingerprint density at radius 1 is 1.50 bits per heavy atom. The van der Waals surface area contributed by atoms with Crippen molar-refractivity contribution in [3.8, 4) is 0 Å². The Morgan fingerprint density at radius 2 is 2.27 bits per heavy atom. The SMILES string of the molecule is CCCSC(=S)N1Cc2[nH]c3ccccc3c2CC1C(=O)O. The highest BCUT2D eigenvalue weighted by Crippen LogP contribution is 2.32. The zero-order valence-corrected chi connectivity index (χ0v) is 14.0.